The third-order valence-electron chi connectivity index (χ3n) is 4.40. The number of carbonyl (C=O) groups excluding carboxylic acids is 1. The minimum atomic E-state index is -4.98. The number of rotatable bonds is 4. The first-order valence-corrected chi connectivity index (χ1v) is 9.78. The van der Waals surface area contributed by atoms with E-state index in [9.17, 15) is 27.5 Å². The fourth-order valence-corrected chi connectivity index (χ4v) is 4.93. The average Bonchev–Trinajstić information content (AvgIpc) is 3.11. The smallest absolute Gasteiger partial charge is 0.418 e. The van der Waals surface area contributed by atoms with Gasteiger partial charge in [-0.15, -0.1) is 15.6 Å². The van der Waals surface area contributed by atoms with Gasteiger partial charge in [-0.3, -0.25) is 4.55 Å². The van der Waals surface area contributed by atoms with Gasteiger partial charge in [-0.2, -0.15) is 13.5 Å². The Bertz CT molecular complexity index is 1050. The molecular formula is C15H11FN2O7S2. The largest absolute Gasteiger partial charge is 0.479 e. The van der Waals surface area contributed by atoms with Crippen LogP contribution in [0, 0.1) is 5.82 Å². The van der Waals surface area contributed by atoms with E-state index in [1.807, 2.05) is 0 Å². The molecule has 1 fully saturated rings. The van der Waals surface area contributed by atoms with E-state index >= 15 is 0 Å². The van der Waals surface area contributed by atoms with E-state index < -0.39 is 40.3 Å². The summed E-state index contributed by atoms with van der Waals surface area (Å²) in [6.45, 7) is -0.109. The molecule has 3 heterocycles. The number of hydrogen-bond acceptors (Lipinski definition) is 6. The first-order valence-electron chi connectivity index (χ1n) is 7.54. The molecule has 2 bridgehead atoms. The van der Waals surface area contributed by atoms with Crippen LogP contribution >= 0.6 is 11.3 Å². The summed E-state index contributed by atoms with van der Waals surface area (Å²) in [4.78, 5) is 25.8. The molecule has 1 aromatic heterocycles. The standard InChI is InChI=1S/C15H11FN2O7S2/c16-8-3-1-7(2-4-8)9-6-26-13-10-5-17(12(11(9)13)14(19)20)15(21)18(10)25-27(22,23)24/h1-4,6,10,12H,5H2,(H,19,20)(H,22,23,24)/t10-,12+/m1/s1. The fraction of sp³-hybridized carbons (Fsp3) is 0.200. The van der Waals surface area contributed by atoms with Crippen LogP contribution in [0.15, 0.2) is 29.6 Å². The zero-order valence-corrected chi connectivity index (χ0v) is 14.9. The highest BCUT2D eigenvalue weighted by Gasteiger charge is 2.54. The van der Waals surface area contributed by atoms with E-state index in [4.69, 9.17) is 4.55 Å². The number of urea groups is 1. The van der Waals surface area contributed by atoms with Gasteiger partial charge in [-0.1, -0.05) is 12.1 Å². The van der Waals surface area contributed by atoms with Gasteiger partial charge in [0.05, 0.1) is 6.54 Å². The highest BCUT2D eigenvalue weighted by atomic mass is 32.3. The second kappa shape index (κ2) is 5.99. The Kier molecular flexibility index (Phi) is 3.96. The molecule has 1 saturated heterocycles. The van der Waals surface area contributed by atoms with Crippen LogP contribution in [0.1, 0.15) is 22.5 Å². The fourth-order valence-electron chi connectivity index (χ4n) is 3.38. The van der Waals surface area contributed by atoms with E-state index in [1.165, 1.54) is 24.3 Å². The highest BCUT2D eigenvalue weighted by molar-refractivity contribution is 7.80. The van der Waals surface area contributed by atoms with E-state index in [-0.39, 0.29) is 6.54 Å². The van der Waals surface area contributed by atoms with Crippen molar-refractivity contribution >= 4 is 33.7 Å². The Morgan fingerprint density at radius 3 is 2.56 bits per heavy atom. The highest BCUT2D eigenvalue weighted by Crippen LogP contribution is 2.50. The molecule has 1 aromatic carbocycles. The maximum Gasteiger partial charge on any atom is 0.418 e. The predicted molar refractivity (Wildman–Crippen MR) is 89.4 cm³/mol. The molecule has 0 unspecified atom stereocenters. The summed E-state index contributed by atoms with van der Waals surface area (Å²) in [6, 6.07) is 2.16. The molecule has 12 heteroatoms. The summed E-state index contributed by atoms with van der Waals surface area (Å²) in [5, 5.41) is 11.8. The van der Waals surface area contributed by atoms with Crippen molar-refractivity contribution in [1.29, 1.82) is 0 Å². The Morgan fingerprint density at radius 1 is 1.30 bits per heavy atom. The van der Waals surface area contributed by atoms with Gasteiger partial charge >= 0.3 is 22.4 Å². The molecule has 2 N–H and O–H groups in total. The number of fused-ring (bicyclic) bond motifs is 4. The Morgan fingerprint density at radius 2 is 1.96 bits per heavy atom. The topological polar surface area (TPSA) is 124 Å². The number of carboxylic acids is 1. The third kappa shape index (κ3) is 2.86. The Labute approximate surface area is 156 Å². The van der Waals surface area contributed by atoms with Crippen molar-refractivity contribution in [2.75, 3.05) is 6.54 Å². The molecule has 0 saturated carbocycles. The van der Waals surface area contributed by atoms with Crippen LogP contribution in [0.5, 0.6) is 0 Å². The van der Waals surface area contributed by atoms with Gasteiger partial charge < -0.3 is 10.0 Å². The molecule has 142 valence electrons. The lowest BCUT2D eigenvalue weighted by Gasteiger charge is -2.28. The molecule has 2 aromatic rings. The lowest BCUT2D eigenvalue weighted by Crippen LogP contribution is -2.38. The van der Waals surface area contributed by atoms with E-state index in [1.54, 1.807) is 5.38 Å². The molecule has 9 nitrogen and oxygen atoms in total. The first-order chi connectivity index (χ1) is 12.7. The number of halogens is 1. The van der Waals surface area contributed by atoms with Crippen LogP contribution in [0.3, 0.4) is 0 Å². The molecule has 2 aliphatic rings. The minimum Gasteiger partial charge on any atom is -0.479 e. The monoisotopic (exact) mass is 414 g/mol. The minimum absolute atomic E-state index is 0.109. The summed E-state index contributed by atoms with van der Waals surface area (Å²) in [6.07, 6.45) is 0. The van der Waals surface area contributed by atoms with Gasteiger partial charge in [-0.05, 0) is 28.6 Å². The maximum absolute atomic E-state index is 13.2. The lowest BCUT2D eigenvalue weighted by atomic mass is 9.92. The van der Waals surface area contributed by atoms with Crippen molar-refractivity contribution < 1.29 is 36.3 Å². The molecular weight excluding hydrogens is 403 g/mol. The number of amides is 2. The first kappa shape index (κ1) is 17.9. The van der Waals surface area contributed by atoms with E-state index in [0.717, 1.165) is 16.2 Å². The van der Waals surface area contributed by atoms with Gasteiger partial charge in [0.15, 0.2) is 6.04 Å². The third-order valence-corrected chi connectivity index (χ3v) is 5.85. The molecule has 0 spiro atoms. The number of benzene rings is 1. The molecule has 2 aliphatic heterocycles. The summed E-state index contributed by atoms with van der Waals surface area (Å²) in [7, 11) is -4.98. The summed E-state index contributed by atoms with van der Waals surface area (Å²) in [5.74, 6) is -1.76. The zero-order chi connectivity index (χ0) is 19.5. The van der Waals surface area contributed by atoms with E-state index in [2.05, 4.69) is 4.28 Å². The molecule has 4 rings (SSSR count). The van der Waals surface area contributed by atoms with Gasteiger partial charge in [-0.25, -0.2) is 14.0 Å². The van der Waals surface area contributed by atoms with Gasteiger partial charge in [0, 0.05) is 10.4 Å². The second-order valence-electron chi connectivity index (χ2n) is 5.95. The van der Waals surface area contributed by atoms with Crippen molar-refractivity contribution in [3.63, 3.8) is 0 Å². The lowest BCUT2D eigenvalue weighted by molar-refractivity contribution is -0.142. The van der Waals surface area contributed by atoms with Crippen molar-refractivity contribution in [1.82, 2.24) is 9.96 Å². The zero-order valence-electron chi connectivity index (χ0n) is 13.3. The van der Waals surface area contributed by atoms with E-state index in [0.29, 0.717) is 26.6 Å². The predicted octanol–water partition coefficient (Wildman–Crippen LogP) is 2.21. The quantitative estimate of drug-likeness (QED) is 0.735. The van der Waals surface area contributed by atoms with Gasteiger partial charge in [0.25, 0.3) is 0 Å². The number of thiophene rings is 1. The SMILES string of the molecule is O=C(O)[C@@H]1c2c(-c3ccc(F)cc3)csc2[C@H]2CN1C(=O)N2OS(=O)(=O)O. The molecule has 2 amide bonds. The van der Waals surface area contributed by atoms with Crippen LogP contribution in [-0.4, -0.2) is 46.6 Å². The van der Waals surface area contributed by atoms with Crippen molar-refractivity contribution in [3.8, 4) is 11.1 Å². The van der Waals surface area contributed by atoms with Crippen LogP contribution in [0.25, 0.3) is 11.1 Å². The average molecular weight is 414 g/mol. The summed E-state index contributed by atoms with van der Waals surface area (Å²) < 4.78 is 48.7. The molecule has 0 aliphatic carbocycles. The van der Waals surface area contributed by atoms with Crippen LogP contribution in [-0.2, 0) is 19.5 Å². The molecule has 2 atom stereocenters. The number of aliphatic carboxylic acids is 1. The van der Waals surface area contributed by atoms with Gasteiger partial charge in [0.1, 0.15) is 11.9 Å². The number of hydrogen-bond donors (Lipinski definition) is 2. The number of hydroxylamine groups is 2. The Balaban J connectivity index is 1.87. The van der Waals surface area contributed by atoms with Crippen LogP contribution in [0.2, 0.25) is 0 Å². The molecule has 0 radical (unpaired) electrons. The van der Waals surface area contributed by atoms with Crippen LogP contribution in [0.4, 0.5) is 9.18 Å². The summed E-state index contributed by atoms with van der Waals surface area (Å²) in [5.41, 5.74) is 1.36. The normalized spacial score (nSPS) is 21.5. The van der Waals surface area contributed by atoms with Crippen molar-refractivity contribution in [2.45, 2.75) is 12.1 Å². The summed E-state index contributed by atoms with van der Waals surface area (Å²) >= 11 is 1.13. The second-order valence-corrected chi connectivity index (χ2v) is 7.87. The van der Waals surface area contributed by atoms with Crippen molar-refractivity contribution in [2.24, 2.45) is 0 Å². The van der Waals surface area contributed by atoms with Gasteiger partial charge in [0.2, 0.25) is 0 Å². The Hall–Kier alpha value is -2.54. The van der Waals surface area contributed by atoms with Crippen LogP contribution < -0.4 is 0 Å². The van der Waals surface area contributed by atoms with Crippen molar-refractivity contribution in [3.05, 3.63) is 45.9 Å². The maximum atomic E-state index is 13.2. The number of carbonyl (C=O) groups is 2. The number of carboxylic acid groups (broad SMARTS) is 1. The number of nitrogens with zero attached hydrogens (tertiary/aromatic N) is 2. The molecule has 27 heavy (non-hydrogen) atoms.